The molecule has 21 heavy (non-hydrogen) atoms. The molecule has 0 unspecified atom stereocenters. The van der Waals surface area contributed by atoms with E-state index in [2.05, 4.69) is 30.3 Å². The number of nitrogens with zero attached hydrogens (tertiary/aromatic N) is 2. The van der Waals surface area contributed by atoms with Gasteiger partial charge in [0.1, 0.15) is 12.3 Å². The molecule has 0 spiro atoms. The zero-order chi connectivity index (χ0) is 15.2. The number of carbonyl (C=O) groups excluding carboxylic acids is 1. The number of carbonyl (C=O) groups is 1. The lowest BCUT2D eigenvalue weighted by Crippen LogP contribution is -2.20. The topological polar surface area (TPSA) is 56.2 Å². The van der Waals surface area contributed by atoms with Crippen LogP contribution in [-0.4, -0.2) is 22.8 Å². The van der Waals surface area contributed by atoms with Crippen LogP contribution in [0.15, 0.2) is 30.3 Å². The smallest absolute Gasteiger partial charge is 0.246 e. The van der Waals surface area contributed by atoms with Crippen molar-refractivity contribution in [2.45, 2.75) is 33.2 Å². The molecule has 0 aliphatic rings. The van der Waals surface area contributed by atoms with Gasteiger partial charge >= 0.3 is 0 Å². The van der Waals surface area contributed by atoms with Crippen LogP contribution in [0.4, 0.5) is 5.69 Å². The molecule has 0 saturated heterocycles. The number of hydrogen-bond donors (Lipinski definition) is 1. The van der Waals surface area contributed by atoms with Crippen molar-refractivity contribution in [3.63, 3.8) is 0 Å². The second kappa shape index (κ2) is 6.92. The van der Waals surface area contributed by atoms with Gasteiger partial charge in [-0.2, -0.15) is 5.10 Å². The molecule has 5 nitrogen and oxygen atoms in total. The van der Waals surface area contributed by atoms with Crippen molar-refractivity contribution in [3.05, 3.63) is 41.7 Å². The Morgan fingerprint density at radius 3 is 2.76 bits per heavy atom. The summed E-state index contributed by atoms with van der Waals surface area (Å²) in [6.07, 6.45) is 1.73. The van der Waals surface area contributed by atoms with Gasteiger partial charge in [0.25, 0.3) is 0 Å². The van der Waals surface area contributed by atoms with E-state index in [4.69, 9.17) is 4.74 Å². The first kappa shape index (κ1) is 15.1. The van der Waals surface area contributed by atoms with Gasteiger partial charge in [-0.25, -0.2) is 0 Å². The van der Waals surface area contributed by atoms with Crippen molar-refractivity contribution < 1.29 is 9.53 Å². The van der Waals surface area contributed by atoms with E-state index in [1.807, 2.05) is 18.2 Å². The number of benzene rings is 1. The number of nitrogens with one attached hydrogen (secondary N) is 1. The van der Waals surface area contributed by atoms with Crippen LogP contribution in [0.1, 0.15) is 25.2 Å². The number of hydrogen-bond acceptors (Lipinski definition) is 3. The summed E-state index contributed by atoms with van der Waals surface area (Å²) in [5.41, 5.74) is 2.81. The Kier molecular flexibility index (Phi) is 4.98. The molecule has 0 saturated carbocycles. The highest BCUT2D eigenvalue weighted by Crippen LogP contribution is 2.16. The second-order valence-corrected chi connectivity index (χ2v) is 4.77. The summed E-state index contributed by atoms with van der Waals surface area (Å²) < 4.78 is 6.91. The Bertz CT molecular complexity index is 620. The first-order valence-corrected chi connectivity index (χ1v) is 7.15. The van der Waals surface area contributed by atoms with Gasteiger partial charge < -0.3 is 10.1 Å². The minimum atomic E-state index is -0.0938. The summed E-state index contributed by atoms with van der Waals surface area (Å²) >= 11 is 0. The summed E-state index contributed by atoms with van der Waals surface area (Å²) in [6, 6.07) is 9.36. The Morgan fingerprint density at radius 1 is 1.29 bits per heavy atom. The highest BCUT2D eigenvalue weighted by atomic mass is 16.5. The number of amides is 1. The molecule has 1 aromatic carbocycles. The highest BCUT2D eigenvalue weighted by molar-refractivity contribution is 5.90. The molecule has 5 heteroatoms. The summed E-state index contributed by atoms with van der Waals surface area (Å²) in [6.45, 7) is 4.34. The van der Waals surface area contributed by atoms with E-state index in [0.29, 0.717) is 0 Å². The number of ether oxygens (including phenoxy) is 1. The van der Waals surface area contributed by atoms with E-state index < -0.39 is 0 Å². The van der Waals surface area contributed by atoms with Gasteiger partial charge in [0.2, 0.25) is 5.91 Å². The molecule has 1 N–H and O–H groups in total. The number of anilines is 1. The van der Waals surface area contributed by atoms with Crippen LogP contribution in [0.3, 0.4) is 0 Å². The number of aryl methyl sites for hydroxylation is 2. The average molecular weight is 287 g/mol. The quantitative estimate of drug-likeness (QED) is 0.888. The predicted molar refractivity (Wildman–Crippen MR) is 82.6 cm³/mol. The molecule has 2 aromatic rings. The van der Waals surface area contributed by atoms with Crippen LogP contribution in [0.25, 0.3) is 0 Å². The number of methoxy groups -OCH3 is 1. The fourth-order valence-electron chi connectivity index (χ4n) is 2.15. The van der Waals surface area contributed by atoms with Gasteiger partial charge in [-0.3, -0.25) is 9.48 Å². The van der Waals surface area contributed by atoms with Crippen molar-refractivity contribution in [1.29, 1.82) is 0 Å². The van der Waals surface area contributed by atoms with Gasteiger partial charge in [0, 0.05) is 17.4 Å². The second-order valence-electron chi connectivity index (χ2n) is 4.77. The van der Waals surface area contributed by atoms with Crippen molar-refractivity contribution >= 4 is 11.6 Å². The van der Waals surface area contributed by atoms with E-state index in [-0.39, 0.29) is 12.5 Å². The largest absolute Gasteiger partial charge is 0.497 e. The van der Waals surface area contributed by atoms with Crippen LogP contribution < -0.4 is 10.1 Å². The standard InChI is InChI=1S/C16H21N3O2/c1-4-12-9-14(5-2)19(18-12)11-16(20)17-13-7-6-8-15(10-13)21-3/h6-10H,4-5,11H2,1-3H3,(H,17,20). The fourth-order valence-corrected chi connectivity index (χ4v) is 2.15. The summed E-state index contributed by atoms with van der Waals surface area (Å²) in [5, 5.41) is 7.31. The molecule has 0 bridgehead atoms. The van der Waals surface area contributed by atoms with E-state index in [9.17, 15) is 4.79 Å². The lowest BCUT2D eigenvalue weighted by molar-refractivity contribution is -0.116. The highest BCUT2D eigenvalue weighted by Gasteiger charge is 2.10. The molecule has 0 radical (unpaired) electrons. The van der Waals surface area contributed by atoms with Gasteiger partial charge in [0.05, 0.1) is 12.8 Å². The Hall–Kier alpha value is -2.30. The van der Waals surface area contributed by atoms with Crippen LogP contribution in [-0.2, 0) is 24.2 Å². The third-order valence-electron chi connectivity index (χ3n) is 3.29. The zero-order valence-electron chi connectivity index (χ0n) is 12.7. The molecule has 1 aromatic heterocycles. The van der Waals surface area contributed by atoms with Crippen LogP contribution in [0, 0.1) is 0 Å². The van der Waals surface area contributed by atoms with E-state index in [1.54, 1.807) is 17.9 Å². The molecular weight excluding hydrogens is 266 g/mol. The molecule has 1 heterocycles. The maximum Gasteiger partial charge on any atom is 0.246 e. The summed E-state index contributed by atoms with van der Waals surface area (Å²) in [7, 11) is 1.60. The van der Waals surface area contributed by atoms with E-state index in [0.717, 1.165) is 35.7 Å². The van der Waals surface area contributed by atoms with Crippen molar-refractivity contribution in [1.82, 2.24) is 9.78 Å². The maximum absolute atomic E-state index is 12.1. The van der Waals surface area contributed by atoms with Gasteiger partial charge in [-0.15, -0.1) is 0 Å². The Balaban J connectivity index is 2.05. The molecular formula is C16H21N3O2. The average Bonchev–Trinajstić information content (AvgIpc) is 2.89. The minimum absolute atomic E-state index is 0.0938. The molecule has 2 rings (SSSR count). The van der Waals surface area contributed by atoms with Crippen molar-refractivity contribution in [2.24, 2.45) is 0 Å². The van der Waals surface area contributed by atoms with Crippen LogP contribution in [0.5, 0.6) is 5.75 Å². The lowest BCUT2D eigenvalue weighted by atomic mass is 10.2. The van der Waals surface area contributed by atoms with Gasteiger partial charge in [-0.1, -0.05) is 19.9 Å². The summed E-state index contributed by atoms with van der Waals surface area (Å²) in [4.78, 5) is 12.1. The first-order valence-electron chi connectivity index (χ1n) is 7.15. The van der Waals surface area contributed by atoms with Gasteiger partial charge in [0.15, 0.2) is 0 Å². The van der Waals surface area contributed by atoms with Crippen LogP contribution in [0.2, 0.25) is 0 Å². The molecule has 0 atom stereocenters. The minimum Gasteiger partial charge on any atom is -0.497 e. The number of aromatic nitrogens is 2. The van der Waals surface area contributed by atoms with E-state index in [1.165, 1.54) is 0 Å². The van der Waals surface area contributed by atoms with E-state index >= 15 is 0 Å². The van der Waals surface area contributed by atoms with Crippen molar-refractivity contribution in [3.8, 4) is 5.75 Å². The Labute approximate surface area is 124 Å². The normalized spacial score (nSPS) is 10.4. The third-order valence-corrected chi connectivity index (χ3v) is 3.29. The lowest BCUT2D eigenvalue weighted by Gasteiger charge is -2.08. The number of rotatable bonds is 6. The monoisotopic (exact) mass is 287 g/mol. The zero-order valence-corrected chi connectivity index (χ0v) is 12.7. The first-order chi connectivity index (χ1) is 10.2. The SMILES string of the molecule is CCc1cc(CC)n(CC(=O)Nc2cccc(OC)c2)n1. The van der Waals surface area contributed by atoms with Crippen LogP contribution >= 0.6 is 0 Å². The molecule has 0 aliphatic carbocycles. The van der Waals surface area contributed by atoms with Crippen molar-refractivity contribution in [2.75, 3.05) is 12.4 Å². The molecule has 1 amide bonds. The molecule has 0 fully saturated rings. The molecule has 112 valence electrons. The summed E-state index contributed by atoms with van der Waals surface area (Å²) in [5.74, 6) is 0.623. The predicted octanol–water partition coefficient (Wildman–Crippen LogP) is 2.66. The maximum atomic E-state index is 12.1. The fraction of sp³-hybridized carbons (Fsp3) is 0.375. The molecule has 0 aliphatic heterocycles. The Morgan fingerprint density at radius 2 is 2.10 bits per heavy atom. The van der Waals surface area contributed by atoms with Gasteiger partial charge in [-0.05, 0) is 31.0 Å². The third kappa shape index (κ3) is 3.84.